The Morgan fingerprint density at radius 1 is 1.50 bits per heavy atom. The van der Waals surface area contributed by atoms with Crippen molar-refractivity contribution in [1.82, 2.24) is 4.31 Å². The van der Waals surface area contributed by atoms with Crippen LogP contribution in [0.4, 0.5) is 10.1 Å². The first-order valence-corrected chi connectivity index (χ1v) is 7.48. The van der Waals surface area contributed by atoms with Gasteiger partial charge in [-0.2, -0.15) is 4.31 Å². The molecule has 3 N–H and O–H groups in total. The van der Waals surface area contributed by atoms with Gasteiger partial charge in [-0.3, -0.25) is 0 Å². The first-order chi connectivity index (χ1) is 9.27. The summed E-state index contributed by atoms with van der Waals surface area (Å²) >= 11 is 0. The lowest BCUT2D eigenvalue weighted by Gasteiger charge is -2.22. The van der Waals surface area contributed by atoms with Crippen LogP contribution in [-0.2, 0) is 10.0 Å². The topological polar surface area (TPSA) is 83.6 Å². The van der Waals surface area contributed by atoms with Gasteiger partial charge in [-0.15, -0.1) is 6.58 Å². The Labute approximate surface area is 118 Å². The second-order valence-electron chi connectivity index (χ2n) is 4.42. The van der Waals surface area contributed by atoms with E-state index in [-0.39, 0.29) is 41.4 Å². The minimum absolute atomic E-state index is 0.0216. The summed E-state index contributed by atoms with van der Waals surface area (Å²) < 4.78 is 39.8. The average molecular weight is 302 g/mol. The molecule has 0 saturated carbocycles. The Kier molecular flexibility index (Phi) is 5.27. The van der Waals surface area contributed by atoms with Gasteiger partial charge in [0.2, 0.25) is 10.0 Å². The maximum absolute atomic E-state index is 13.5. The van der Waals surface area contributed by atoms with E-state index in [4.69, 9.17) is 10.8 Å². The molecule has 0 heterocycles. The molecule has 1 aromatic carbocycles. The van der Waals surface area contributed by atoms with Crippen LogP contribution >= 0.6 is 0 Å². The van der Waals surface area contributed by atoms with Crippen molar-refractivity contribution >= 4 is 15.7 Å². The van der Waals surface area contributed by atoms with Crippen molar-refractivity contribution in [2.45, 2.75) is 18.7 Å². The molecule has 0 spiro atoms. The Morgan fingerprint density at radius 3 is 2.60 bits per heavy atom. The summed E-state index contributed by atoms with van der Waals surface area (Å²) in [7, 11) is -3.87. The average Bonchev–Trinajstić information content (AvgIpc) is 2.35. The highest BCUT2D eigenvalue weighted by molar-refractivity contribution is 7.89. The zero-order valence-electron chi connectivity index (χ0n) is 11.6. The van der Waals surface area contributed by atoms with Crippen LogP contribution in [0.3, 0.4) is 0 Å². The standard InChI is InChI=1S/C13H19FN2O3S/c1-4-5-16(6-7-17)20(18,19)13-9(2)8-11(14)12(15)10(13)3/h4,8,17H,1,5-7,15H2,2-3H3. The maximum Gasteiger partial charge on any atom is 0.244 e. The predicted octanol–water partition coefficient (Wildman–Crippen LogP) is 1.19. The number of benzene rings is 1. The molecule has 0 aromatic heterocycles. The van der Waals surface area contributed by atoms with Gasteiger partial charge < -0.3 is 10.8 Å². The molecule has 0 saturated heterocycles. The molecule has 0 bridgehead atoms. The molecule has 112 valence electrons. The van der Waals surface area contributed by atoms with Crippen LogP contribution in [0.15, 0.2) is 23.6 Å². The number of aliphatic hydroxyl groups is 1. The van der Waals surface area contributed by atoms with Crippen molar-refractivity contribution in [1.29, 1.82) is 0 Å². The summed E-state index contributed by atoms with van der Waals surface area (Å²) in [5.74, 6) is -0.642. The summed E-state index contributed by atoms with van der Waals surface area (Å²) in [6, 6.07) is 1.10. The third kappa shape index (κ3) is 3.00. The van der Waals surface area contributed by atoms with Crippen LogP contribution in [0.1, 0.15) is 11.1 Å². The van der Waals surface area contributed by atoms with Gasteiger partial charge in [-0.25, -0.2) is 12.8 Å². The fourth-order valence-electron chi connectivity index (χ4n) is 2.02. The highest BCUT2D eigenvalue weighted by atomic mass is 32.2. The van der Waals surface area contributed by atoms with Crippen LogP contribution in [0.5, 0.6) is 0 Å². The molecule has 1 rings (SSSR count). The number of nitrogens with zero attached hydrogens (tertiary/aromatic N) is 1. The molecule has 20 heavy (non-hydrogen) atoms. The van der Waals surface area contributed by atoms with E-state index >= 15 is 0 Å². The Hall–Kier alpha value is -1.44. The van der Waals surface area contributed by atoms with Gasteiger partial charge in [0.1, 0.15) is 5.82 Å². The highest BCUT2D eigenvalue weighted by Crippen LogP contribution is 2.29. The number of rotatable bonds is 6. The lowest BCUT2D eigenvalue weighted by molar-refractivity contribution is 0.260. The first-order valence-electron chi connectivity index (χ1n) is 6.04. The number of hydrogen-bond acceptors (Lipinski definition) is 4. The van der Waals surface area contributed by atoms with E-state index < -0.39 is 15.8 Å². The fourth-order valence-corrected chi connectivity index (χ4v) is 3.87. The number of nitrogens with two attached hydrogens (primary N) is 1. The summed E-state index contributed by atoms with van der Waals surface area (Å²) in [4.78, 5) is -0.0216. The second-order valence-corrected chi connectivity index (χ2v) is 6.29. The van der Waals surface area contributed by atoms with Gasteiger partial charge in [-0.1, -0.05) is 6.08 Å². The molecule has 0 atom stereocenters. The molecular formula is C13H19FN2O3S. The van der Waals surface area contributed by atoms with Crippen LogP contribution in [0.25, 0.3) is 0 Å². The van der Waals surface area contributed by atoms with E-state index in [1.54, 1.807) is 0 Å². The SMILES string of the molecule is C=CCN(CCO)S(=O)(=O)c1c(C)cc(F)c(N)c1C. The molecular weight excluding hydrogens is 283 g/mol. The van der Waals surface area contributed by atoms with Crippen molar-refractivity contribution in [2.75, 3.05) is 25.4 Å². The van der Waals surface area contributed by atoms with E-state index in [1.165, 1.54) is 19.9 Å². The number of nitrogen functional groups attached to an aromatic ring is 1. The highest BCUT2D eigenvalue weighted by Gasteiger charge is 2.28. The first kappa shape index (κ1) is 16.6. The molecule has 0 amide bonds. The second kappa shape index (κ2) is 6.34. The number of hydrogen-bond donors (Lipinski definition) is 2. The van der Waals surface area contributed by atoms with Crippen molar-refractivity contribution < 1.29 is 17.9 Å². The van der Waals surface area contributed by atoms with Crippen molar-refractivity contribution in [3.8, 4) is 0 Å². The van der Waals surface area contributed by atoms with Gasteiger partial charge >= 0.3 is 0 Å². The Bertz CT molecular complexity index is 615. The molecule has 1 aromatic rings. The number of sulfonamides is 1. The van der Waals surface area contributed by atoms with Gasteiger partial charge in [-0.05, 0) is 31.0 Å². The molecule has 0 fully saturated rings. The lowest BCUT2D eigenvalue weighted by atomic mass is 10.1. The van der Waals surface area contributed by atoms with Crippen LogP contribution < -0.4 is 5.73 Å². The van der Waals surface area contributed by atoms with E-state index in [0.29, 0.717) is 0 Å². The summed E-state index contributed by atoms with van der Waals surface area (Å²) in [6.07, 6.45) is 1.42. The van der Waals surface area contributed by atoms with Crippen molar-refractivity contribution in [3.05, 3.63) is 35.7 Å². The zero-order valence-corrected chi connectivity index (χ0v) is 12.4. The third-order valence-corrected chi connectivity index (χ3v) is 5.14. The quantitative estimate of drug-likeness (QED) is 0.611. The number of aliphatic hydroxyl groups excluding tert-OH is 1. The maximum atomic E-state index is 13.5. The number of anilines is 1. The van der Waals surface area contributed by atoms with Gasteiger partial charge in [0, 0.05) is 13.1 Å². The smallest absolute Gasteiger partial charge is 0.244 e. The van der Waals surface area contributed by atoms with Gasteiger partial charge in [0.25, 0.3) is 0 Å². The van der Waals surface area contributed by atoms with Crippen LogP contribution in [-0.4, -0.2) is 37.5 Å². The van der Waals surface area contributed by atoms with E-state index in [1.807, 2.05) is 0 Å². The molecule has 0 radical (unpaired) electrons. The Balaban J connectivity index is 3.49. The Morgan fingerprint density at radius 2 is 2.10 bits per heavy atom. The summed E-state index contributed by atoms with van der Waals surface area (Å²) in [5.41, 5.74) is 5.84. The van der Waals surface area contributed by atoms with Crippen LogP contribution in [0.2, 0.25) is 0 Å². The molecule has 0 aliphatic rings. The molecule has 5 nitrogen and oxygen atoms in total. The molecule has 0 aliphatic carbocycles. The molecule has 0 unspecified atom stereocenters. The summed E-state index contributed by atoms with van der Waals surface area (Å²) in [5, 5.41) is 8.99. The van der Waals surface area contributed by atoms with Gasteiger partial charge in [0.15, 0.2) is 0 Å². The third-order valence-electron chi connectivity index (χ3n) is 2.98. The lowest BCUT2D eigenvalue weighted by Crippen LogP contribution is -2.34. The van der Waals surface area contributed by atoms with Crippen molar-refractivity contribution in [3.63, 3.8) is 0 Å². The largest absolute Gasteiger partial charge is 0.396 e. The zero-order chi connectivity index (χ0) is 15.5. The minimum atomic E-state index is -3.87. The number of aryl methyl sites for hydroxylation is 1. The van der Waals surface area contributed by atoms with Crippen molar-refractivity contribution in [2.24, 2.45) is 0 Å². The monoisotopic (exact) mass is 302 g/mol. The molecule has 0 aliphatic heterocycles. The van der Waals surface area contributed by atoms with Gasteiger partial charge in [0.05, 0.1) is 17.2 Å². The molecule has 7 heteroatoms. The summed E-state index contributed by atoms with van der Waals surface area (Å²) in [6.45, 7) is 6.14. The van der Waals surface area contributed by atoms with E-state index in [0.717, 1.165) is 10.4 Å². The minimum Gasteiger partial charge on any atom is -0.396 e. The normalized spacial score (nSPS) is 11.8. The van der Waals surface area contributed by atoms with E-state index in [9.17, 15) is 12.8 Å². The number of halogens is 1. The van der Waals surface area contributed by atoms with Crippen LogP contribution in [0, 0.1) is 19.7 Å². The van der Waals surface area contributed by atoms with E-state index in [2.05, 4.69) is 6.58 Å². The fraction of sp³-hybridized carbons (Fsp3) is 0.385. The predicted molar refractivity (Wildman–Crippen MR) is 76.3 cm³/mol.